The molecule has 0 N–H and O–H groups in total. The molecule has 1 saturated heterocycles. The van der Waals surface area contributed by atoms with Gasteiger partial charge in [-0.05, 0) is 12.8 Å². The maximum atomic E-state index is 6.17. The molecular weight excluding hydrogens is 290 g/mol. The molecule has 3 heterocycles. The predicted octanol–water partition coefficient (Wildman–Crippen LogP) is 2.64. The Balaban J connectivity index is 1.77. The van der Waals surface area contributed by atoms with E-state index in [-0.39, 0.29) is 5.60 Å². The molecule has 6 nitrogen and oxygen atoms in total. The molecule has 23 heavy (non-hydrogen) atoms. The molecule has 2 fully saturated rings. The number of anilines is 1. The summed E-state index contributed by atoms with van der Waals surface area (Å²) in [5, 5.41) is 5.45. The Kier molecular flexibility index (Phi) is 3.52. The normalized spacial score (nSPS) is 21.0. The summed E-state index contributed by atoms with van der Waals surface area (Å²) in [6.45, 7) is 6.88. The molecular formula is C17H25N5O. The second-order valence-electron chi connectivity index (χ2n) is 7.23. The fourth-order valence-corrected chi connectivity index (χ4v) is 3.87. The summed E-state index contributed by atoms with van der Waals surface area (Å²) in [5.41, 5.74) is 0.959. The lowest BCUT2D eigenvalue weighted by molar-refractivity contribution is -0.0502. The van der Waals surface area contributed by atoms with E-state index in [0.717, 1.165) is 42.4 Å². The van der Waals surface area contributed by atoms with E-state index >= 15 is 0 Å². The van der Waals surface area contributed by atoms with Crippen molar-refractivity contribution in [3.05, 3.63) is 12.0 Å². The van der Waals surface area contributed by atoms with Gasteiger partial charge in [-0.3, -0.25) is 4.68 Å². The van der Waals surface area contributed by atoms with Crippen molar-refractivity contribution in [3.8, 4) is 0 Å². The Labute approximate surface area is 136 Å². The molecule has 1 aliphatic heterocycles. The summed E-state index contributed by atoms with van der Waals surface area (Å²) >= 11 is 0. The van der Waals surface area contributed by atoms with Crippen molar-refractivity contribution >= 4 is 16.9 Å². The van der Waals surface area contributed by atoms with E-state index in [1.807, 2.05) is 17.9 Å². The van der Waals surface area contributed by atoms with Crippen LogP contribution in [0.2, 0.25) is 0 Å². The lowest BCUT2D eigenvalue weighted by Crippen LogP contribution is -2.50. The van der Waals surface area contributed by atoms with E-state index in [9.17, 15) is 0 Å². The van der Waals surface area contributed by atoms with Crippen molar-refractivity contribution in [1.82, 2.24) is 19.7 Å². The summed E-state index contributed by atoms with van der Waals surface area (Å²) in [6, 6.07) is 0. The Bertz CT molecular complexity index is 717. The molecule has 1 saturated carbocycles. The quantitative estimate of drug-likeness (QED) is 0.853. The number of fused-ring (bicyclic) bond motifs is 1. The van der Waals surface area contributed by atoms with Crippen LogP contribution in [0.25, 0.3) is 11.0 Å². The third-order valence-electron chi connectivity index (χ3n) is 5.17. The molecule has 1 aliphatic carbocycles. The lowest BCUT2D eigenvalue weighted by Gasteiger charge is -2.41. The highest BCUT2D eigenvalue weighted by Gasteiger charge is 2.40. The van der Waals surface area contributed by atoms with Gasteiger partial charge >= 0.3 is 0 Å². The lowest BCUT2D eigenvalue weighted by atomic mass is 9.99. The third-order valence-corrected chi connectivity index (χ3v) is 5.17. The van der Waals surface area contributed by atoms with E-state index < -0.39 is 0 Å². The highest BCUT2D eigenvalue weighted by Crippen LogP contribution is 2.38. The van der Waals surface area contributed by atoms with E-state index in [1.54, 1.807) is 0 Å². The monoisotopic (exact) mass is 315 g/mol. The van der Waals surface area contributed by atoms with Crippen LogP contribution in [-0.4, -0.2) is 45.0 Å². The minimum atomic E-state index is 0.0374. The van der Waals surface area contributed by atoms with E-state index in [0.29, 0.717) is 5.92 Å². The van der Waals surface area contributed by atoms with Crippen LogP contribution in [0.15, 0.2) is 6.20 Å². The molecule has 0 aromatic carbocycles. The minimum Gasteiger partial charge on any atom is -0.371 e. The van der Waals surface area contributed by atoms with Crippen molar-refractivity contribution in [2.75, 3.05) is 24.6 Å². The molecule has 2 aliphatic rings. The van der Waals surface area contributed by atoms with Crippen molar-refractivity contribution in [3.63, 3.8) is 0 Å². The fourth-order valence-electron chi connectivity index (χ4n) is 3.87. The number of hydrogen-bond donors (Lipinski definition) is 0. The van der Waals surface area contributed by atoms with Crippen LogP contribution in [0.5, 0.6) is 0 Å². The molecule has 0 amide bonds. The van der Waals surface area contributed by atoms with Crippen LogP contribution in [0.1, 0.15) is 51.3 Å². The SMILES string of the molecule is CC(C)c1nc(N2CCOC3(CCCC3)C2)c2cnn(C)c2n1. The van der Waals surface area contributed by atoms with Gasteiger partial charge in [0.1, 0.15) is 11.6 Å². The van der Waals surface area contributed by atoms with E-state index in [2.05, 4.69) is 23.8 Å². The first kappa shape index (κ1) is 14.9. The standard InChI is InChI=1S/C17H25N5O/c1-12(2)14-19-15-13(10-18-21(15)3)16(20-14)22-8-9-23-17(11-22)6-4-5-7-17/h10,12H,4-9,11H2,1-3H3. The average molecular weight is 315 g/mol. The number of ether oxygens (including phenoxy) is 1. The molecule has 124 valence electrons. The van der Waals surface area contributed by atoms with Gasteiger partial charge in [0.25, 0.3) is 0 Å². The van der Waals surface area contributed by atoms with Gasteiger partial charge in [-0.2, -0.15) is 5.10 Å². The molecule has 1 spiro atoms. The van der Waals surface area contributed by atoms with Crippen LogP contribution in [0.4, 0.5) is 5.82 Å². The fraction of sp³-hybridized carbons (Fsp3) is 0.706. The number of hydrogen-bond acceptors (Lipinski definition) is 5. The van der Waals surface area contributed by atoms with Crippen molar-refractivity contribution < 1.29 is 4.74 Å². The number of aromatic nitrogens is 4. The number of aryl methyl sites for hydroxylation is 1. The maximum Gasteiger partial charge on any atom is 0.163 e. The van der Waals surface area contributed by atoms with Gasteiger partial charge in [0.05, 0.1) is 23.8 Å². The van der Waals surface area contributed by atoms with Crippen LogP contribution in [0.3, 0.4) is 0 Å². The number of nitrogens with zero attached hydrogens (tertiary/aromatic N) is 5. The van der Waals surface area contributed by atoms with Gasteiger partial charge in [0.15, 0.2) is 5.65 Å². The Morgan fingerprint density at radius 2 is 2.00 bits per heavy atom. The molecule has 6 heteroatoms. The highest BCUT2D eigenvalue weighted by atomic mass is 16.5. The second-order valence-corrected chi connectivity index (χ2v) is 7.23. The number of morpholine rings is 1. The maximum absolute atomic E-state index is 6.17. The summed E-state index contributed by atoms with van der Waals surface area (Å²) < 4.78 is 8.01. The molecule has 2 aromatic rings. The van der Waals surface area contributed by atoms with Gasteiger partial charge in [-0.1, -0.05) is 26.7 Å². The summed E-state index contributed by atoms with van der Waals surface area (Å²) in [5.74, 6) is 2.22. The molecule has 0 unspecified atom stereocenters. The molecule has 0 bridgehead atoms. The van der Waals surface area contributed by atoms with Gasteiger partial charge < -0.3 is 9.64 Å². The smallest absolute Gasteiger partial charge is 0.163 e. The molecule has 0 atom stereocenters. The molecule has 0 radical (unpaired) electrons. The van der Waals surface area contributed by atoms with Crippen LogP contribution >= 0.6 is 0 Å². The van der Waals surface area contributed by atoms with Crippen molar-refractivity contribution in [1.29, 1.82) is 0 Å². The summed E-state index contributed by atoms with van der Waals surface area (Å²) in [4.78, 5) is 12.0. The first-order valence-corrected chi connectivity index (χ1v) is 8.67. The van der Waals surface area contributed by atoms with Crippen molar-refractivity contribution in [2.45, 2.75) is 51.0 Å². The van der Waals surface area contributed by atoms with Gasteiger partial charge in [0.2, 0.25) is 0 Å². The first-order chi connectivity index (χ1) is 11.1. The van der Waals surface area contributed by atoms with Crippen molar-refractivity contribution in [2.24, 2.45) is 7.05 Å². The largest absolute Gasteiger partial charge is 0.371 e. The summed E-state index contributed by atoms with van der Waals surface area (Å²) in [6.07, 6.45) is 6.78. The predicted molar refractivity (Wildman–Crippen MR) is 89.8 cm³/mol. The van der Waals surface area contributed by atoms with Gasteiger partial charge in [0, 0.05) is 26.1 Å². The van der Waals surface area contributed by atoms with Crippen LogP contribution in [0, 0.1) is 0 Å². The average Bonchev–Trinajstić information content (AvgIpc) is 3.14. The van der Waals surface area contributed by atoms with Crippen LogP contribution in [-0.2, 0) is 11.8 Å². The zero-order valence-electron chi connectivity index (χ0n) is 14.2. The zero-order valence-corrected chi connectivity index (χ0v) is 14.2. The topological polar surface area (TPSA) is 56.1 Å². The first-order valence-electron chi connectivity index (χ1n) is 8.67. The minimum absolute atomic E-state index is 0.0374. The second kappa shape index (κ2) is 5.44. The van der Waals surface area contributed by atoms with E-state index in [1.165, 1.54) is 25.7 Å². The molecule has 2 aromatic heterocycles. The molecule has 4 rings (SSSR count). The van der Waals surface area contributed by atoms with Crippen LogP contribution < -0.4 is 4.90 Å². The van der Waals surface area contributed by atoms with Gasteiger partial charge in [-0.25, -0.2) is 9.97 Å². The highest BCUT2D eigenvalue weighted by molar-refractivity contribution is 5.87. The van der Waals surface area contributed by atoms with E-state index in [4.69, 9.17) is 14.7 Å². The number of rotatable bonds is 2. The Hall–Kier alpha value is -1.69. The summed E-state index contributed by atoms with van der Waals surface area (Å²) in [7, 11) is 1.95. The Morgan fingerprint density at radius 1 is 1.22 bits per heavy atom. The zero-order chi connectivity index (χ0) is 16.0. The van der Waals surface area contributed by atoms with Gasteiger partial charge in [-0.15, -0.1) is 0 Å². The Morgan fingerprint density at radius 3 is 2.74 bits per heavy atom. The third kappa shape index (κ3) is 2.49.